The SMILES string of the molecule is C=C(C(=O)O)C(C=C(CCCCO)C(=O)O)CC(C)C. The summed E-state index contributed by atoms with van der Waals surface area (Å²) >= 11 is 0. The number of carbonyl (C=O) groups is 2. The first-order valence-electron chi connectivity index (χ1n) is 6.76. The number of carboxylic acids is 2. The molecule has 0 amide bonds. The lowest BCUT2D eigenvalue weighted by atomic mass is 9.88. The molecular formula is C15H24O5. The lowest BCUT2D eigenvalue weighted by molar-refractivity contribution is -0.134. The molecule has 5 nitrogen and oxygen atoms in total. The summed E-state index contributed by atoms with van der Waals surface area (Å²) in [5.41, 5.74) is 0.200. The molecule has 5 heteroatoms. The number of aliphatic hydroxyl groups is 1. The summed E-state index contributed by atoms with van der Waals surface area (Å²) in [6.45, 7) is 7.45. The van der Waals surface area contributed by atoms with Gasteiger partial charge in [0.1, 0.15) is 0 Å². The van der Waals surface area contributed by atoms with Crippen molar-refractivity contribution in [1.29, 1.82) is 0 Å². The second kappa shape index (κ2) is 9.31. The van der Waals surface area contributed by atoms with E-state index in [2.05, 4.69) is 6.58 Å². The van der Waals surface area contributed by atoms with Gasteiger partial charge in [-0.3, -0.25) is 0 Å². The van der Waals surface area contributed by atoms with Crippen molar-refractivity contribution < 1.29 is 24.9 Å². The van der Waals surface area contributed by atoms with Crippen molar-refractivity contribution in [2.24, 2.45) is 11.8 Å². The molecule has 0 aliphatic carbocycles. The van der Waals surface area contributed by atoms with Crippen LogP contribution in [0.5, 0.6) is 0 Å². The highest BCUT2D eigenvalue weighted by atomic mass is 16.4. The van der Waals surface area contributed by atoms with E-state index in [-0.39, 0.29) is 23.7 Å². The molecule has 3 N–H and O–H groups in total. The highest BCUT2D eigenvalue weighted by molar-refractivity contribution is 5.89. The van der Waals surface area contributed by atoms with Crippen LogP contribution in [0.4, 0.5) is 0 Å². The van der Waals surface area contributed by atoms with E-state index in [9.17, 15) is 9.59 Å². The summed E-state index contributed by atoms with van der Waals surface area (Å²) in [6, 6.07) is 0. The molecule has 114 valence electrons. The maximum absolute atomic E-state index is 11.2. The Morgan fingerprint density at radius 3 is 2.15 bits per heavy atom. The van der Waals surface area contributed by atoms with Gasteiger partial charge in [0.15, 0.2) is 0 Å². The van der Waals surface area contributed by atoms with E-state index < -0.39 is 17.9 Å². The molecule has 0 aliphatic heterocycles. The molecule has 0 aromatic heterocycles. The Labute approximate surface area is 119 Å². The zero-order valence-corrected chi connectivity index (χ0v) is 12.1. The van der Waals surface area contributed by atoms with Crippen molar-refractivity contribution in [3.8, 4) is 0 Å². The minimum absolute atomic E-state index is 0.0135. The van der Waals surface area contributed by atoms with E-state index in [1.807, 2.05) is 13.8 Å². The Kier molecular flexibility index (Phi) is 8.56. The number of rotatable bonds is 10. The average molecular weight is 284 g/mol. The summed E-state index contributed by atoms with van der Waals surface area (Å²) in [4.78, 5) is 22.2. The number of carboxylic acid groups (broad SMARTS) is 2. The fraction of sp³-hybridized carbons (Fsp3) is 0.600. The van der Waals surface area contributed by atoms with Crippen LogP contribution in [0, 0.1) is 11.8 Å². The molecule has 0 rings (SSSR count). The van der Waals surface area contributed by atoms with Crippen LogP contribution >= 0.6 is 0 Å². The van der Waals surface area contributed by atoms with E-state index in [4.69, 9.17) is 15.3 Å². The molecule has 1 atom stereocenters. The van der Waals surface area contributed by atoms with E-state index in [0.29, 0.717) is 25.7 Å². The number of aliphatic carboxylic acids is 2. The fourth-order valence-corrected chi connectivity index (χ4v) is 1.91. The van der Waals surface area contributed by atoms with E-state index in [1.165, 1.54) is 6.08 Å². The van der Waals surface area contributed by atoms with Crippen molar-refractivity contribution in [2.75, 3.05) is 6.61 Å². The van der Waals surface area contributed by atoms with Crippen molar-refractivity contribution in [1.82, 2.24) is 0 Å². The third-order valence-electron chi connectivity index (χ3n) is 2.98. The fourth-order valence-electron chi connectivity index (χ4n) is 1.91. The molecule has 0 fully saturated rings. The normalized spacial score (nSPS) is 13.3. The minimum atomic E-state index is -1.10. The van der Waals surface area contributed by atoms with Crippen LogP contribution in [0.1, 0.15) is 39.5 Å². The highest BCUT2D eigenvalue weighted by Gasteiger charge is 2.20. The molecule has 0 bridgehead atoms. The molecule has 0 heterocycles. The van der Waals surface area contributed by atoms with Gasteiger partial charge in [0.25, 0.3) is 0 Å². The van der Waals surface area contributed by atoms with Gasteiger partial charge in [-0.1, -0.05) is 26.5 Å². The maximum atomic E-state index is 11.2. The van der Waals surface area contributed by atoms with Crippen LogP contribution in [0.25, 0.3) is 0 Å². The number of hydrogen-bond donors (Lipinski definition) is 3. The van der Waals surface area contributed by atoms with Crippen LogP contribution in [-0.2, 0) is 9.59 Å². The maximum Gasteiger partial charge on any atom is 0.331 e. The largest absolute Gasteiger partial charge is 0.478 e. The third-order valence-corrected chi connectivity index (χ3v) is 2.98. The first kappa shape index (κ1) is 18.4. The molecule has 0 spiro atoms. The van der Waals surface area contributed by atoms with Gasteiger partial charge in [-0.05, 0) is 31.6 Å². The predicted octanol–water partition coefficient (Wildman–Crippen LogP) is 2.46. The molecular weight excluding hydrogens is 260 g/mol. The second-order valence-electron chi connectivity index (χ2n) is 5.24. The van der Waals surface area contributed by atoms with Gasteiger partial charge in [0, 0.05) is 23.7 Å². The van der Waals surface area contributed by atoms with Gasteiger partial charge < -0.3 is 15.3 Å². The standard InChI is InChI=1S/C15H24O5/c1-10(2)8-13(11(3)14(17)18)9-12(15(19)20)6-4-5-7-16/h9-10,13,16H,3-8H2,1-2H3,(H,17,18)(H,19,20). The second-order valence-corrected chi connectivity index (χ2v) is 5.24. The van der Waals surface area contributed by atoms with Crippen LogP contribution in [0.3, 0.4) is 0 Å². The molecule has 20 heavy (non-hydrogen) atoms. The van der Waals surface area contributed by atoms with Crippen molar-refractivity contribution in [2.45, 2.75) is 39.5 Å². The van der Waals surface area contributed by atoms with Gasteiger partial charge >= 0.3 is 11.9 Å². The molecule has 0 radical (unpaired) electrons. The third kappa shape index (κ3) is 7.09. The minimum Gasteiger partial charge on any atom is -0.478 e. The van der Waals surface area contributed by atoms with Crippen molar-refractivity contribution in [3.05, 3.63) is 23.8 Å². The summed E-state index contributed by atoms with van der Waals surface area (Å²) in [7, 11) is 0. The Balaban J connectivity index is 5.09. The Bertz CT molecular complexity index is 382. The monoisotopic (exact) mass is 284 g/mol. The quantitative estimate of drug-likeness (QED) is 0.423. The van der Waals surface area contributed by atoms with Crippen molar-refractivity contribution >= 4 is 11.9 Å². The van der Waals surface area contributed by atoms with Crippen LogP contribution < -0.4 is 0 Å². The first-order valence-corrected chi connectivity index (χ1v) is 6.76. The van der Waals surface area contributed by atoms with E-state index >= 15 is 0 Å². The lowest BCUT2D eigenvalue weighted by Gasteiger charge is -2.16. The number of unbranched alkanes of at least 4 members (excludes halogenated alkanes) is 1. The van der Waals surface area contributed by atoms with Crippen molar-refractivity contribution in [3.63, 3.8) is 0 Å². The molecule has 0 saturated carbocycles. The summed E-state index contributed by atoms with van der Waals surface area (Å²) in [6.07, 6.45) is 3.44. The highest BCUT2D eigenvalue weighted by Crippen LogP contribution is 2.24. The van der Waals surface area contributed by atoms with Gasteiger partial charge in [-0.2, -0.15) is 0 Å². The van der Waals surface area contributed by atoms with Crippen LogP contribution in [0.15, 0.2) is 23.8 Å². The lowest BCUT2D eigenvalue weighted by Crippen LogP contribution is -2.14. The van der Waals surface area contributed by atoms with Crippen LogP contribution in [0.2, 0.25) is 0 Å². The number of allylic oxidation sites excluding steroid dienone is 1. The molecule has 1 unspecified atom stereocenters. The Hall–Kier alpha value is -1.62. The number of hydrogen-bond acceptors (Lipinski definition) is 3. The van der Waals surface area contributed by atoms with Gasteiger partial charge in [0.2, 0.25) is 0 Å². The summed E-state index contributed by atoms with van der Waals surface area (Å²) in [5.74, 6) is -2.39. The summed E-state index contributed by atoms with van der Waals surface area (Å²) in [5, 5.41) is 26.9. The van der Waals surface area contributed by atoms with Gasteiger partial charge in [-0.25, -0.2) is 9.59 Å². The molecule has 0 aliphatic rings. The predicted molar refractivity (Wildman–Crippen MR) is 76.4 cm³/mol. The smallest absolute Gasteiger partial charge is 0.331 e. The number of aliphatic hydroxyl groups excluding tert-OH is 1. The van der Waals surface area contributed by atoms with E-state index in [1.54, 1.807) is 0 Å². The average Bonchev–Trinajstić information content (AvgIpc) is 2.34. The zero-order chi connectivity index (χ0) is 15.7. The molecule has 0 saturated heterocycles. The Morgan fingerprint density at radius 2 is 1.75 bits per heavy atom. The zero-order valence-electron chi connectivity index (χ0n) is 12.1. The Morgan fingerprint density at radius 1 is 1.15 bits per heavy atom. The summed E-state index contributed by atoms with van der Waals surface area (Å²) < 4.78 is 0. The van der Waals surface area contributed by atoms with Crippen LogP contribution in [-0.4, -0.2) is 33.9 Å². The molecule has 0 aromatic rings. The van der Waals surface area contributed by atoms with Gasteiger partial charge in [-0.15, -0.1) is 0 Å². The topological polar surface area (TPSA) is 94.8 Å². The van der Waals surface area contributed by atoms with E-state index in [0.717, 1.165) is 0 Å². The van der Waals surface area contributed by atoms with Gasteiger partial charge in [0.05, 0.1) is 0 Å². The molecule has 0 aromatic carbocycles. The first-order chi connectivity index (χ1) is 9.29.